The van der Waals surface area contributed by atoms with Crippen LogP contribution < -0.4 is 5.32 Å². The lowest BCUT2D eigenvalue weighted by molar-refractivity contribution is -0.145. The Bertz CT molecular complexity index is 603. The number of methoxy groups -OCH3 is 2. The van der Waals surface area contributed by atoms with Crippen LogP contribution in [0.15, 0.2) is 41.1 Å². The molecule has 2 atom stereocenters. The number of allylic oxidation sites excluding steroid dienone is 1. The highest BCUT2D eigenvalue weighted by Gasteiger charge is 2.43. The minimum atomic E-state index is -0.661. The van der Waals surface area contributed by atoms with Crippen molar-refractivity contribution in [2.45, 2.75) is 12.8 Å². The molecule has 0 aromatic carbocycles. The molecule has 0 radical (unpaired) electrons. The van der Waals surface area contributed by atoms with Crippen molar-refractivity contribution in [3.8, 4) is 0 Å². The van der Waals surface area contributed by atoms with Crippen LogP contribution in [0.3, 0.4) is 0 Å². The molecule has 0 fully saturated rings. The number of carbonyl (C=O) groups excluding carboxylic acids is 2. The van der Waals surface area contributed by atoms with Crippen LogP contribution in [0.5, 0.6) is 0 Å². The molecule has 0 saturated heterocycles. The molecule has 0 aliphatic carbocycles. The van der Waals surface area contributed by atoms with E-state index in [4.69, 9.17) is 9.47 Å². The number of nitrogens with one attached hydrogen (secondary N) is 1. The van der Waals surface area contributed by atoms with Crippen LogP contribution in [0.4, 0.5) is 0 Å². The van der Waals surface area contributed by atoms with Crippen LogP contribution >= 0.6 is 11.3 Å². The van der Waals surface area contributed by atoms with Gasteiger partial charge in [0, 0.05) is 22.2 Å². The molecule has 6 heteroatoms. The van der Waals surface area contributed by atoms with Gasteiger partial charge in [-0.3, -0.25) is 4.79 Å². The molecule has 0 spiro atoms. The lowest BCUT2D eigenvalue weighted by Crippen LogP contribution is -2.39. The summed E-state index contributed by atoms with van der Waals surface area (Å²) in [6, 6.07) is 3.77. The predicted octanol–water partition coefficient (Wildman–Crippen LogP) is 2.18. The number of thiophene rings is 1. The van der Waals surface area contributed by atoms with Crippen molar-refractivity contribution in [1.82, 2.24) is 5.32 Å². The highest BCUT2D eigenvalue weighted by molar-refractivity contribution is 7.10. The zero-order valence-corrected chi connectivity index (χ0v) is 13.0. The molecular weight excluding hydrogens is 290 g/mol. The van der Waals surface area contributed by atoms with Crippen molar-refractivity contribution in [3.63, 3.8) is 0 Å². The van der Waals surface area contributed by atoms with Crippen LogP contribution in [0.25, 0.3) is 0 Å². The van der Waals surface area contributed by atoms with Gasteiger partial charge in [-0.2, -0.15) is 0 Å². The fourth-order valence-corrected chi connectivity index (χ4v) is 3.43. The van der Waals surface area contributed by atoms with Gasteiger partial charge in [-0.1, -0.05) is 12.6 Å². The third kappa shape index (κ3) is 2.71. The third-order valence-corrected chi connectivity index (χ3v) is 4.44. The fourth-order valence-electron chi connectivity index (χ4n) is 2.56. The number of rotatable bonds is 3. The molecule has 2 rings (SSSR count). The zero-order chi connectivity index (χ0) is 15.6. The summed E-state index contributed by atoms with van der Waals surface area (Å²) in [4.78, 5) is 25.2. The number of carbonyl (C=O) groups is 2. The largest absolute Gasteiger partial charge is 0.468 e. The number of hydrogen-bond acceptors (Lipinski definition) is 6. The molecule has 1 aliphatic heterocycles. The summed E-state index contributed by atoms with van der Waals surface area (Å²) in [6.45, 7) is 5.67. The Hall–Kier alpha value is -2.08. The molecule has 1 aromatic heterocycles. The minimum Gasteiger partial charge on any atom is -0.468 e. The molecule has 1 N–H and O–H groups in total. The lowest BCUT2D eigenvalue weighted by Gasteiger charge is -2.33. The monoisotopic (exact) mass is 307 g/mol. The Morgan fingerprint density at radius 1 is 1.33 bits per heavy atom. The summed E-state index contributed by atoms with van der Waals surface area (Å²) >= 11 is 1.48. The Labute approximate surface area is 127 Å². The Morgan fingerprint density at radius 3 is 2.57 bits per heavy atom. The smallest absolute Gasteiger partial charge is 0.336 e. The minimum absolute atomic E-state index is 0.431. The van der Waals surface area contributed by atoms with Crippen molar-refractivity contribution >= 4 is 23.3 Å². The molecule has 1 aromatic rings. The van der Waals surface area contributed by atoms with Gasteiger partial charge in [0.15, 0.2) is 0 Å². The molecular formula is C15H17NO4S. The molecule has 21 heavy (non-hydrogen) atoms. The van der Waals surface area contributed by atoms with E-state index in [-0.39, 0.29) is 0 Å². The van der Waals surface area contributed by atoms with Crippen molar-refractivity contribution in [1.29, 1.82) is 0 Å². The molecule has 5 nitrogen and oxygen atoms in total. The van der Waals surface area contributed by atoms with Crippen molar-refractivity contribution in [2.75, 3.05) is 14.2 Å². The van der Waals surface area contributed by atoms with E-state index in [1.807, 2.05) is 17.5 Å². The Balaban J connectivity index is 2.60. The Kier molecular flexibility index (Phi) is 4.47. The van der Waals surface area contributed by atoms with Gasteiger partial charge in [-0.25, -0.2) is 4.79 Å². The van der Waals surface area contributed by atoms with E-state index in [1.165, 1.54) is 25.6 Å². The molecule has 2 unspecified atom stereocenters. The average Bonchev–Trinajstić information content (AvgIpc) is 2.99. The highest BCUT2D eigenvalue weighted by atomic mass is 32.1. The summed E-state index contributed by atoms with van der Waals surface area (Å²) in [5, 5.41) is 4.89. The van der Waals surface area contributed by atoms with Crippen LogP contribution in [-0.2, 0) is 19.1 Å². The van der Waals surface area contributed by atoms with E-state index in [0.717, 1.165) is 4.88 Å². The Morgan fingerprint density at radius 2 is 2.05 bits per heavy atom. The SMILES string of the molecule is C=C1NC(C)=C(C(=O)OC)C(c2cccs2)C1C(=O)OC. The van der Waals surface area contributed by atoms with E-state index in [0.29, 0.717) is 17.0 Å². The maximum atomic E-state index is 12.2. The molecule has 1 aliphatic rings. The zero-order valence-electron chi connectivity index (χ0n) is 12.1. The van der Waals surface area contributed by atoms with Gasteiger partial charge in [0.2, 0.25) is 0 Å². The van der Waals surface area contributed by atoms with E-state index in [1.54, 1.807) is 6.92 Å². The molecule has 112 valence electrons. The maximum Gasteiger partial charge on any atom is 0.336 e. The highest BCUT2D eigenvalue weighted by Crippen LogP contribution is 2.42. The fraction of sp³-hybridized carbons (Fsp3) is 0.333. The van der Waals surface area contributed by atoms with E-state index < -0.39 is 23.8 Å². The van der Waals surface area contributed by atoms with E-state index in [2.05, 4.69) is 11.9 Å². The summed E-state index contributed by atoms with van der Waals surface area (Å²) in [7, 11) is 2.65. The van der Waals surface area contributed by atoms with E-state index in [9.17, 15) is 9.59 Å². The van der Waals surface area contributed by atoms with Gasteiger partial charge in [0.05, 0.1) is 19.8 Å². The van der Waals surface area contributed by atoms with Gasteiger partial charge >= 0.3 is 11.9 Å². The second-order valence-electron chi connectivity index (χ2n) is 4.67. The molecule has 0 amide bonds. The number of ether oxygens (including phenoxy) is 2. The van der Waals surface area contributed by atoms with E-state index >= 15 is 0 Å². The van der Waals surface area contributed by atoms with Crippen LogP contribution in [-0.4, -0.2) is 26.2 Å². The molecule has 0 saturated carbocycles. The predicted molar refractivity (Wildman–Crippen MR) is 79.6 cm³/mol. The summed E-state index contributed by atoms with van der Waals surface area (Å²) in [5.41, 5.74) is 1.60. The van der Waals surface area contributed by atoms with Gasteiger partial charge in [0.25, 0.3) is 0 Å². The van der Waals surface area contributed by atoms with Gasteiger partial charge < -0.3 is 14.8 Å². The van der Waals surface area contributed by atoms with Gasteiger partial charge in [0.1, 0.15) is 5.92 Å². The first kappa shape index (κ1) is 15.3. The maximum absolute atomic E-state index is 12.2. The summed E-state index contributed by atoms with van der Waals surface area (Å²) < 4.78 is 9.75. The molecule has 2 heterocycles. The van der Waals surface area contributed by atoms with Gasteiger partial charge in [-0.05, 0) is 18.4 Å². The van der Waals surface area contributed by atoms with Crippen LogP contribution in [0, 0.1) is 5.92 Å². The van der Waals surface area contributed by atoms with Crippen molar-refractivity contribution < 1.29 is 19.1 Å². The topological polar surface area (TPSA) is 64.6 Å². The standard InChI is InChI=1S/C15H17NO4S/c1-8-11(14(17)19-3)13(10-6-5-7-21-10)12(9(2)16-8)15(18)20-4/h5-7,11,13,16H,1H2,2-4H3. The van der Waals surface area contributed by atoms with Crippen molar-refractivity contribution in [3.05, 3.63) is 45.9 Å². The summed E-state index contributed by atoms with van der Waals surface area (Å²) in [6.07, 6.45) is 0. The second-order valence-corrected chi connectivity index (χ2v) is 5.65. The molecule has 0 bridgehead atoms. The summed E-state index contributed by atoms with van der Waals surface area (Å²) in [5.74, 6) is -2.00. The second kappa shape index (κ2) is 6.13. The third-order valence-electron chi connectivity index (χ3n) is 3.48. The average molecular weight is 307 g/mol. The first-order valence-electron chi connectivity index (χ1n) is 6.37. The quantitative estimate of drug-likeness (QED) is 0.867. The van der Waals surface area contributed by atoms with Crippen LogP contribution in [0.2, 0.25) is 0 Å². The normalized spacial score (nSPS) is 21.8. The first-order chi connectivity index (χ1) is 10.0. The first-order valence-corrected chi connectivity index (χ1v) is 7.25. The van der Waals surface area contributed by atoms with Crippen molar-refractivity contribution in [2.24, 2.45) is 5.92 Å². The van der Waals surface area contributed by atoms with Crippen LogP contribution in [0.1, 0.15) is 17.7 Å². The van der Waals surface area contributed by atoms with Gasteiger partial charge in [-0.15, -0.1) is 11.3 Å². The lowest BCUT2D eigenvalue weighted by atomic mass is 9.79. The number of hydrogen-bond donors (Lipinski definition) is 1. The number of esters is 2.